The Morgan fingerprint density at radius 2 is 1.76 bits per heavy atom. The number of dihydropyridines is 1. The van der Waals surface area contributed by atoms with Gasteiger partial charge in [0.1, 0.15) is 12.0 Å². The van der Waals surface area contributed by atoms with Crippen molar-refractivity contribution in [2.45, 2.75) is 64.4 Å². The molecule has 0 unspecified atom stereocenters. The van der Waals surface area contributed by atoms with Crippen LogP contribution in [0.25, 0.3) is 0 Å². The van der Waals surface area contributed by atoms with Crippen molar-refractivity contribution in [3.05, 3.63) is 57.4 Å². The average Bonchev–Trinajstić information content (AvgIpc) is 2.79. The molecule has 6 nitrogen and oxygen atoms in total. The molecule has 1 fully saturated rings. The van der Waals surface area contributed by atoms with E-state index in [2.05, 4.69) is 5.32 Å². The fraction of sp³-hybridized carbons (Fsp3) is 0.500. The molecule has 3 aliphatic rings. The molecular weight excluding hydrogens is 442 g/mol. The molecule has 1 aromatic carbocycles. The maximum atomic E-state index is 13.7. The maximum Gasteiger partial charge on any atom is 0.337 e. The third-order valence-corrected chi connectivity index (χ3v) is 7.24. The molecule has 0 saturated heterocycles. The van der Waals surface area contributed by atoms with Crippen molar-refractivity contribution in [3.8, 4) is 0 Å². The van der Waals surface area contributed by atoms with E-state index in [4.69, 9.17) is 21.1 Å². The van der Waals surface area contributed by atoms with Gasteiger partial charge in [0.25, 0.3) is 0 Å². The number of allylic oxidation sites excluding steroid dienone is 3. The Morgan fingerprint density at radius 3 is 2.39 bits per heavy atom. The lowest BCUT2D eigenvalue weighted by molar-refractivity contribution is -0.151. The molecule has 1 aromatic rings. The summed E-state index contributed by atoms with van der Waals surface area (Å²) in [6.07, 6.45) is 5.34. The summed E-state index contributed by atoms with van der Waals surface area (Å²) < 4.78 is 10.9. The second kappa shape index (κ2) is 9.72. The molecule has 0 radical (unpaired) electrons. The first-order valence-corrected chi connectivity index (χ1v) is 12.0. The van der Waals surface area contributed by atoms with E-state index < -0.39 is 23.8 Å². The van der Waals surface area contributed by atoms with Gasteiger partial charge in [0.15, 0.2) is 5.78 Å². The molecule has 1 heterocycles. The van der Waals surface area contributed by atoms with E-state index >= 15 is 0 Å². The van der Waals surface area contributed by atoms with Crippen LogP contribution in [0.5, 0.6) is 0 Å². The van der Waals surface area contributed by atoms with Crippen molar-refractivity contribution < 1.29 is 23.9 Å². The Hall–Kier alpha value is -2.60. The molecule has 33 heavy (non-hydrogen) atoms. The summed E-state index contributed by atoms with van der Waals surface area (Å²) >= 11 is 6.12. The summed E-state index contributed by atoms with van der Waals surface area (Å²) in [5.74, 6) is -3.03. The van der Waals surface area contributed by atoms with E-state index in [1.54, 1.807) is 12.1 Å². The van der Waals surface area contributed by atoms with Crippen molar-refractivity contribution in [3.63, 3.8) is 0 Å². The van der Waals surface area contributed by atoms with Crippen molar-refractivity contribution in [1.82, 2.24) is 5.32 Å². The number of carbonyl (C=O) groups excluding carboxylic acids is 3. The number of hydrogen-bond acceptors (Lipinski definition) is 6. The minimum absolute atomic E-state index is 0.113. The van der Waals surface area contributed by atoms with Gasteiger partial charge >= 0.3 is 11.9 Å². The summed E-state index contributed by atoms with van der Waals surface area (Å²) in [5, 5.41) is 3.86. The first-order chi connectivity index (χ1) is 15.8. The molecule has 1 aliphatic heterocycles. The Balaban J connectivity index is 1.77. The number of esters is 2. The summed E-state index contributed by atoms with van der Waals surface area (Å²) in [4.78, 5) is 39.6. The number of hydrogen-bond donors (Lipinski definition) is 1. The van der Waals surface area contributed by atoms with Crippen LogP contribution in [0.2, 0.25) is 5.02 Å². The van der Waals surface area contributed by atoms with Crippen LogP contribution in [-0.4, -0.2) is 30.9 Å². The highest BCUT2D eigenvalue weighted by Gasteiger charge is 2.47. The van der Waals surface area contributed by atoms with Crippen LogP contribution >= 0.6 is 11.6 Å². The zero-order valence-corrected chi connectivity index (χ0v) is 20.0. The number of halogens is 1. The smallest absolute Gasteiger partial charge is 0.337 e. The number of rotatable bonds is 4. The first kappa shape index (κ1) is 23.6. The highest BCUT2D eigenvalue weighted by atomic mass is 35.5. The summed E-state index contributed by atoms with van der Waals surface area (Å²) in [6.45, 7) is 3.71. The molecule has 0 aromatic heterocycles. The topological polar surface area (TPSA) is 81.7 Å². The number of ketones is 1. The van der Waals surface area contributed by atoms with E-state index in [1.807, 2.05) is 26.0 Å². The number of Topliss-reactive ketones (excluding diaryl/α,β-unsaturated/α-hetero) is 1. The van der Waals surface area contributed by atoms with Gasteiger partial charge in [-0.1, -0.05) is 37.1 Å². The number of nitrogens with one attached hydrogen (secondary N) is 1. The molecule has 0 amide bonds. The van der Waals surface area contributed by atoms with Crippen molar-refractivity contribution in [1.29, 1.82) is 0 Å². The zero-order chi connectivity index (χ0) is 23.7. The van der Waals surface area contributed by atoms with E-state index in [9.17, 15) is 14.4 Å². The molecule has 0 bridgehead atoms. The fourth-order valence-corrected chi connectivity index (χ4v) is 5.46. The average molecular weight is 472 g/mol. The minimum Gasteiger partial charge on any atom is -0.468 e. The van der Waals surface area contributed by atoms with Gasteiger partial charge in [0.05, 0.1) is 12.7 Å². The van der Waals surface area contributed by atoms with E-state index in [0.29, 0.717) is 28.3 Å². The van der Waals surface area contributed by atoms with E-state index in [0.717, 1.165) is 43.4 Å². The van der Waals surface area contributed by atoms with Gasteiger partial charge in [-0.3, -0.25) is 9.59 Å². The lowest BCUT2D eigenvalue weighted by Gasteiger charge is -2.38. The van der Waals surface area contributed by atoms with Crippen LogP contribution in [0.4, 0.5) is 0 Å². The largest absolute Gasteiger partial charge is 0.468 e. The van der Waals surface area contributed by atoms with Crippen LogP contribution < -0.4 is 5.32 Å². The summed E-state index contributed by atoms with van der Waals surface area (Å²) in [6, 6.07) is 7.13. The SMILES string of the molecule is COC(=O)[C@H]1C(=O)C2=C(C[C@H]1C)NC(C)=C(C(=O)OC1CCCCC1)[C@H]2c1ccc(Cl)cc1. The Morgan fingerprint density at radius 1 is 1.09 bits per heavy atom. The van der Waals surface area contributed by atoms with Crippen molar-refractivity contribution in [2.75, 3.05) is 7.11 Å². The van der Waals surface area contributed by atoms with Crippen LogP contribution in [0.3, 0.4) is 0 Å². The quantitative estimate of drug-likeness (QED) is 0.500. The van der Waals surface area contributed by atoms with Crippen LogP contribution in [0, 0.1) is 11.8 Å². The van der Waals surface area contributed by atoms with Crippen molar-refractivity contribution in [2.24, 2.45) is 11.8 Å². The van der Waals surface area contributed by atoms with Gasteiger partial charge in [-0.2, -0.15) is 0 Å². The monoisotopic (exact) mass is 471 g/mol. The maximum absolute atomic E-state index is 13.7. The number of carbonyl (C=O) groups is 3. The first-order valence-electron chi connectivity index (χ1n) is 11.6. The normalized spacial score (nSPS) is 25.9. The number of benzene rings is 1. The summed E-state index contributed by atoms with van der Waals surface area (Å²) in [5.41, 5.74) is 3.03. The predicted octanol–water partition coefficient (Wildman–Crippen LogP) is 4.83. The van der Waals surface area contributed by atoms with E-state index in [-0.39, 0.29) is 17.8 Å². The third-order valence-electron chi connectivity index (χ3n) is 6.99. The molecule has 3 atom stereocenters. The van der Waals surface area contributed by atoms with Gasteiger partial charge in [-0.25, -0.2) is 4.79 Å². The number of ether oxygens (including phenoxy) is 2. The van der Waals surface area contributed by atoms with Gasteiger partial charge in [-0.15, -0.1) is 0 Å². The van der Waals surface area contributed by atoms with Crippen molar-refractivity contribution >= 4 is 29.3 Å². The standard InChI is InChI=1S/C26H30ClNO5/c1-14-13-19-23(24(29)20(14)25(30)32-3)22(16-9-11-17(27)12-10-16)21(15(2)28-19)26(31)33-18-7-5-4-6-8-18/h9-12,14,18,20,22,28H,4-8,13H2,1-3H3/t14-,20-,22-/m1/s1. The van der Waals surface area contributed by atoms with Crippen LogP contribution in [-0.2, 0) is 23.9 Å². The summed E-state index contributed by atoms with van der Waals surface area (Å²) in [7, 11) is 1.29. The lowest BCUT2D eigenvalue weighted by Crippen LogP contribution is -2.43. The third kappa shape index (κ3) is 4.58. The lowest BCUT2D eigenvalue weighted by atomic mass is 9.69. The highest BCUT2D eigenvalue weighted by Crippen LogP contribution is 2.45. The zero-order valence-electron chi connectivity index (χ0n) is 19.3. The molecule has 4 rings (SSSR count). The molecule has 0 spiro atoms. The molecule has 2 aliphatic carbocycles. The Bertz CT molecular complexity index is 1020. The predicted molar refractivity (Wildman–Crippen MR) is 124 cm³/mol. The van der Waals surface area contributed by atoms with E-state index in [1.165, 1.54) is 7.11 Å². The van der Waals surface area contributed by atoms with Gasteiger partial charge in [0, 0.05) is 27.9 Å². The number of methoxy groups -OCH3 is 1. The second-order valence-electron chi connectivity index (χ2n) is 9.25. The van der Waals surface area contributed by atoms with Gasteiger partial charge in [0.2, 0.25) is 0 Å². The fourth-order valence-electron chi connectivity index (χ4n) is 5.34. The van der Waals surface area contributed by atoms with Gasteiger partial charge in [-0.05, 0) is 62.6 Å². The molecule has 1 saturated carbocycles. The van der Waals surface area contributed by atoms with Crippen LogP contribution in [0.1, 0.15) is 63.9 Å². The molecule has 7 heteroatoms. The molecular formula is C26H30ClNO5. The second-order valence-corrected chi connectivity index (χ2v) is 9.69. The Kier molecular flexibility index (Phi) is 6.94. The molecule has 1 N–H and O–H groups in total. The minimum atomic E-state index is -0.903. The molecule has 176 valence electrons. The highest BCUT2D eigenvalue weighted by molar-refractivity contribution is 6.30. The van der Waals surface area contributed by atoms with Gasteiger partial charge < -0.3 is 14.8 Å². The Labute approximate surface area is 199 Å². The van der Waals surface area contributed by atoms with Crippen LogP contribution in [0.15, 0.2) is 46.8 Å².